The third-order valence-electron chi connectivity index (χ3n) is 5.31. The van der Waals surface area contributed by atoms with Crippen LogP contribution in [0, 0.1) is 0 Å². The molecule has 9 nitrogen and oxygen atoms in total. The summed E-state index contributed by atoms with van der Waals surface area (Å²) in [6.45, 7) is 2.88. The van der Waals surface area contributed by atoms with Gasteiger partial charge in [-0.15, -0.1) is 0 Å². The molecule has 0 atom stereocenters. The van der Waals surface area contributed by atoms with Crippen molar-refractivity contribution in [2.45, 2.75) is 18.4 Å². The topological polar surface area (TPSA) is 116 Å². The molecule has 0 radical (unpaired) electrons. The molecule has 2 N–H and O–H groups in total. The average Bonchev–Trinajstić information content (AvgIpc) is 2.82. The third kappa shape index (κ3) is 5.32. The normalized spacial score (nSPS) is 14.6. The smallest absolute Gasteiger partial charge is 0.251 e. The van der Waals surface area contributed by atoms with E-state index in [-0.39, 0.29) is 42.3 Å². The number of piperazine rings is 1. The fourth-order valence-corrected chi connectivity index (χ4v) is 4.84. The zero-order valence-electron chi connectivity index (χ0n) is 18.0. The number of nitrogens with one attached hydrogen (secondary N) is 2. The molecule has 3 rings (SSSR count). The Morgan fingerprint density at radius 2 is 1.56 bits per heavy atom. The minimum absolute atomic E-state index is 0.0715. The van der Waals surface area contributed by atoms with Crippen molar-refractivity contribution in [3.8, 4) is 0 Å². The second kappa shape index (κ2) is 9.92. The summed E-state index contributed by atoms with van der Waals surface area (Å²) >= 11 is 0. The number of nitrogens with zero attached hydrogens (tertiary/aromatic N) is 2. The van der Waals surface area contributed by atoms with E-state index in [9.17, 15) is 22.8 Å². The molecule has 0 aromatic heterocycles. The Kier molecular flexibility index (Phi) is 7.26. The molecule has 0 aliphatic carbocycles. The van der Waals surface area contributed by atoms with Gasteiger partial charge in [0, 0.05) is 57.8 Å². The highest BCUT2D eigenvalue weighted by molar-refractivity contribution is 7.89. The first-order valence-corrected chi connectivity index (χ1v) is 11.6. The third-order valence-corrected chi connectivity index (χ3v) is 7.22. The molecule has 1 saturated heterocycles. The number of amides is 3. The second-order valence-corrected chi connectivity index (χ2v) is 9.33. The van der Waals surface area contributed by atoms with Crippen LogP contribution in [0.2, 0.25) is 0 Å². The van der Waals surface area contributed by atoms with Gasteiger partial charge in [0.1, 0.15) is 0 Å². The van der Waals surface area contributed by atoms with Crippen molar-refractivity contribution < 1.29 is 22.8 Å². The SMILES string of the molecule is CNC(=O)c1cccc(CNC(=O)c2ccc(S(=O)(=O)N3CCN(C(C)=O)CC3)cc2)c1. The van der Waals surface area contributed by atoms with Gasteiger partial charge >= 0.3 is 0 Å². The number of hydrogen-bond acceptors (Lipinski definition) is 5. The molecule has 0 saturated carbocycles. The maximum absolute atomic E-state index is 12.9. The van der Waals surface area contributed by atoms with Crippen LogP contribution in [0.3, 0.4) is 0 Å². The summed E-state index contributed by atoms with van der Waals surface area (Å²) in [5.41, 5.74) is 1.59. The number of carbonyl (C=O) groups excluding carboxylic acids is 3. The molecule has 0 unspecified atom stereocenters. The number of rotatable bonds is 6. The summed E-state index contributed by atoms with van der Waals surface area (Å²) in [5, 5.41) is 5.32. The fraction of sp³-hybridized carbons (Fsp3) is 0.318. The van der Waals surface area contributed by atoms with Gasteiger partial charge in [-0.2, -0.15) is 4.31 Å². The maximum atomic E-state index is 12.9. The summed E-state index contributed by atoms with van der Waals surface area (Å²) < 4.78 is 27.1. The van der Waals surface area contributed by atoms with Crippen LogP contribution in [-0.2, 0) is 21.4 Å². The van der Waals surface area contributed by atoms with Crippen molar-refractivity contribution in [1.29, 1.82) is 0 Å². The van der Waals surface area contributed by atoms with Gasteiger partial charge < -0.3 is 15.5 Å². The summed E-state index contributed by atoms with van der Waals surface area (Å²) in [6.07, 6.45) is 0. The summed E-state index contributed by atoms with van der Waals surface area (Å²) in [5.74, 6) is -0.634. The number of benzene rings is 2. The first-order valence-electron chi connectivity index (χ1n) is 10.2. The highest BCUT2D eigenvalue weighted by atomic mass is 32.2. The van der Waals surface area contributed by atoms with E-state index in [0.29, 0.717) is 24.2 Å². The lowest BCUT2D eigenvalue weighted by Crippen LogP contribution is -2.49. The van der Waals surface area contributed by atoms with E-state index < -0.39 is 10.0 Å². The van der Waals surface area contributed by atoms with Crippen LogP contribution >= 0.6 is 0 Å². The predicted molar refractivity (Wildman–Crippen MR) is 118 cm³/mol. The van der Waals surface area contributed by atoms with Crippen LogP contribution in [-0.4, -0.2) is 68.6 Å². The van der Waals surface area contributed by atoms with Crippen LogP contribution in [0.4, 0.5) is 0 Å². The quantitative estimate of drug-likeness (QED) is 0.665. The lowest BCUT2D eigenvalue weighted by Gasteiger charge is -2.33. The molecule has 170 valence electrons. The standard InChI is InChI=1S/C22H26N4O5S/c1-16(27)25-10-12-26(13-11-25)32(30,31)20-8-6-18(7-9-20)22(29)24-15-17-4-3-5-19(14-17)21(28)23-2/h3-9,14H,10-13,15H2,1-2H3,(H,23,28)(H,24,29). The van der Waals surface area contributed by atoms with Gasteiger partial charge in [0.15, 0.2) is 0 Å². The van der Waals surface area contributed by atoms with E-state index in [1.165, 1.54) is 35.5 Å². The molecule has 10 heteroatoms. The Hall–Kier alpha value is -3.24. The van der Waals surface area contributed by atoms with Gasteiger partial charge in [0.2, 0.25) is 15.9 Å². The van der Waals surface area contributed by atoms with Gasteiger partial charge in [0.25, 0.3) is 11.8 Å². The largest absolute Gasteiger partial charge is 0.355 e. The molecule has 0 spiro atoms. The van der Waals surface area contributed by atoms with Crippen molar-refractivity contribution in [1.82, 2.24) is 19.8 Å². The van der Waals surface area contributed by atoms with E-state index in [0.717, 1.165) is 5.56 Å². The van der Waals surface area contributed by atoms with Crippen LogP contribution in [0.1, 0.15) is 33.2 Å². The van der Waals surface area contributed by atoms with Crippen molar-refractivity contribution in [3.63, 3.8) is 0 Å². The van der Waals surface area contributed by atoms with Crippen LogP contribution < -0.4 is 10.6 Å². The van der Waals surface area contributed by atoms with Crippen molar-refractivity contribution in [2.75, 3.05) is 33.2 Å². The molecule has 1 fully saturated rings. The molecular formula is C22H26N4O5S. The predicted octanol–water partition coefficient (Wildman–Crippen LogP) is 0.829. The molecule has 3 amide bonds. The first-order chi connectivity index (χ1) is 15.2. The molecule has 0 bridgehead atoms. The second-order valence-electron chi connectivity index (χ2n) is 7.40. The van der Waals surface area contributed by atoms with Gasteiger partial charge in [-0.25, -0.2) is 8.42 Å². The fourth-order valence-electron chi connectivity index (χ4n) is 3.42. The Labute approximate surface area is 187 Å². The lowest BCUT2D eigenvalue weighted by atomic mass is 10.1. The monoisotopic (exact) mass is 458 g/mol. The Balaban J connectivity index is 1.62. The average molecular weight is 459 g/mol. The van der Waals surface area contributed by atoms with Gasteiger partial charge in [-0.05, 0) is 42.0 Å². The van der Waals surface area contributed by atoms with Crippen LogP contribution in [0.5, 0.6) is 0 Å². The minimum atomic E-state index is -3.70. The van der Waals surface area contributed by atoms with E-state index in [2.05, 4.69) is 10.6 Å². The Bertz CT molecular complexity index is 1110. The zero-order valence-corrected chi connectivity index (χ0v) is 18.8. The van der Waals surface area contributed by atoms with Crippen molar-refractivity contribution in [2.24, 2.45) is 0 Å². The van der Waals surface area contributed by atoms with Crippen molar-refractivity contribution in [3.05, 3.63) is 65.2 Å². The van der Waals surface area contributed by atoms with E-state index in [1.54, 1.807) is 36.2 Å². The molecule has 2 aromatic carbocycles. The van der Waals surface area contributed by atoms with E-state index in [4.69, 9.17) is 0 Å². The molecule has 32 heavy (non-hydrogen) atoms. The lowest BCUT2D eigenvalue weighted by molar-refractivity contribution is -0.129. The van der Waals surface area contributed by atoms with E-state index in [1.807, 2.05) is 0 Å². The van der Waals surface area contributed by atoms with E-state index >= 15 is 0 Å². The van der Waals surface area contributed by atoms with Gasteiger partial charge in [-0.1, -0.05) is 12.1 Å². The van der Waals surface area contributed by atoms with Crippen molar-refractivity contribution >= 4 is 27.7 Å². The van der Waals surface area contributed by atoms with Crippen LogP contribution in [0.15, 0.2) is 53.4 Å². The maximum Gasteiger partial charge on any atom is 0.251 e. The Morgan fingerprint density at radius 3 is 2.16 bits per heavy atom. The molecular weight excluding hydrogens is 432 g/mol. The minimum Gasteiger partial charge on any atom is -0.355 e. The number of sulfonamides is 1. The molecule has 2 aromatic rings. The number of carbonyl (C=O) groups is 3. The highest BCUT2D eigenvalue weighted by Crippen LogP contribution is 2.18. The van der Waals surface area contributed by atoms with Gasteiger partial charge in [0.05, 0.1) is 4.90 Å². The molecule has 1 aliphatic heterocycles. The zero-order chi connectivity index (χ0) is 23.3. The van der Waals surface area contributed by atoms with Crippen LogP contribution in [0.25, 0.3) is 0 Å². The summed E-state index contributed by atoms with van der Waals surface area (Å²) in [4.78, 5) is 37.3. The number of hydrogen-bond donors (Lipinski definition) is 2. The van der Waals surface area contributed by atoms with Gasteiger partial charge in [-0.3, -0.25) is 14.4 Å². The highest BCUT2D eigenvalue weighted by Gasteiger charge is 2.29. The molecule has 1 heterocycles. The molecule has 1 aliphatic rings. The summed E-state index contributed by atoms with van der Waals surface area (Å²) in [6, 6.07) is 12.7. The Morgan fingerprint density at radius 1 is 0.906 bits per heavy atom. The summed E-state index contributed by atoms with van der Waals surface area (Å²) in [7, 11) is -2.15. The first kappa shape index (κ1) is 23.4.